The molecule has 2 aliphatic heterocycles. The van der Waals surface area contributed by atoms with E-state index in [0.717, 1.165) is 32.6 Å². The molecule has 1 fully saturated rings. The highest BCUT2D eigenvalue weighted by molar-refractivity contribution is 5.52. The molecule has 0 bridgehead atoms. The summed E-state index contributed by atoms with van der Waals surface area (Å²) in [7, 11) is 0. The van der Waals surface area contributed by atoms with Crippen molar-refractivity contribution in [1.82, 2.24) is 14.9 Å². The van der Waals surface area contributed by atoms with Crippen molar-refractivity contribution in [2.45, 2.75) is 38.8 Å². The van der Waals surface area contributed by atoms with E-state index in [1.54, 1.807) is 6.33 Å². The zero-order valence-corrected chi connectivity index (χ0v) is 13.8. The topological polar surface area (TPSA) is 32.3 Å². The van der Waals surface area contributed by atoms with E-state index in [1.807, 2.05) is 0 Å². The van der Waals surface area contributed by atoms with E-state index in [1.165, 1.54) is 35.5 Å². The fourth-order valence-corrected chi connectivity index (χ4v) is 3.94. The largest absolute Gasteiger partial charge is 0.349 e. The van der Waals surface area contributed by atoms with Crippen molar-refractivity contribution in [1.29, 1.82) is 0 Å². The first-order chi connectivity index (χ1) is 11.4. The number of anilines is 1. The molecule has 4 heteroatoms. The molecular weight excluding hydrogens is 284 g/mol. The highest BCUT2D eigenvalue weighted by Crippen LogP contribution is 2.38. The van der Waals surface area contributed by atoms with Crippen LogP contribution < -0.4 is 4.90 Å². The summed E-state index contributed by atoms with van der Waals surface area (Å²) in [6, 6.07) is 11.3. The normalized spacial score (nSPS) is 21.4. The first kappa shape index (κ1) is 14.6. The third-order valence-corrected chi connectivity index (χ3v) is 5.21. The van der Waals surface area contributed by atoms with Gasteiger partial charge < -0.3 is 4.90 Å². The van der Waals surface area contributed by atoms with E-state index >= 15 is 0 Å². The van der Waals surface area contributed by atoms with E-state index in [9.17, 15) is 0 Å². The molecule has 0 N–H and O–H groups in total. The standard InChI is InChI=1S/C19H24N4/c1-2-22-12-10-17-16(13-22)19(21-14-20-17)23-11-6-9-18(23)15-7-4-3-5-8-15/h3-5,7-8,14,18H,2,6,9-13H2,1H3. The van der Waals surface area contributed by atoms with Gasteiger partial charge in [-0.3, -0.25) is 4.90 Å². The second-order valence-electron chi connectivity index (χ2n) is 6.50. The van der Waals surface area contributed by atoms with Crippen LogP contribution in [0, 0.1) is 0 Å². The highest BCUT2D eigenvalue weighted by Gasteiger charge is 2.31. The van der Waals surface area contributed by atoms with Crippen LogP contribution in [0.1, 0.15) is 42.6 Å². The molecule has 2 aromatic rings. The van der Waals surface area contributed by atoms with Gasteiger partial charge in [0.1, 0.15) is 12.1 Å². The maximum atomic E-state index is 4.71. The fourth-order valence-electron chi connectivity index (χ4n) is 3.94. The molecule has 1 unspecified atom stereocenters. The summed E-state index contributed by atoms with van der Waals surface area (Å²) < 4.78 is 0. The quantitative estimate of drug-likeness (QED) is 0.871. The molecule has 4 nitrogen and oxygen atoms in total. The summed E-state index contributed by atoms with van der Waals surface area (Å²) in [5.41, 5.74) is 4.00. The van der Waals surface area contributed by atoms with E-state index in [0.29, 0.717) is 6.04 Å². The van der Waals surface area contributed by atoms with E-state index in [-0.39, 0.29) is 0 Å². The lowest BCUT2D eigenvalue weighted by Crippen LogP contribution is -2.34. The smallest absolute Gasteiger partial charge is 0.137 e. The molecule has 23 heavy (non-hydrogen) atoms. The van der Waals surface area contributed by atoms with Gasteiger partial charge in [-0.2, -0.15) is 0 Å². The average molecular weight is 308 g/mol. The molecule has 1 aromatic heterocycles. The lowest BCUT2D eigenvalue weighted by Gasteiger charge is -2.33. The number of hydrogen-bond donors (Lipinski definition) is 0. The second kappa shape index (κ2) is 6.28. The molecule has 0 aliphatic carbocycles. The summed E-state index contributed by atoms with van der Waals surface area (Å²) in [6.07, 6.45) is 5.24. The van der Waals surface area contributed by atoms with Crippen molar-refractivity contribution in [2.75, 3.05) is 24.5 Å². The summed E-state index contributed by atoms with van der Waals surface area (Å²) in [6.45, 7) is 6.52. The predicted molar refractivity (Wildman–Crippen MR) is 92.5 cm³/mol. The molecule has 0 spiro atoms. The highest BCUT2D eigenvalue weighted by atomic mass is 15.2. The zero-order chi connectivity index (χ0) is 15.6. The number of rotatable bonds is 3. The molecule has 1 aromatic carbocycles. The Morgan fingerprint density at radius 3 is 2.83 bits per heavy atom. The SMILES string of the molecule is CCN1CCc2ncnc(N3CCCC3c3ccccc3)c2C1. The maximum Gasteiger partial charge on any atom is 0.137 e. The van der Waals surface area contributed by atoms with Crippen LogP contribution in [0.3, 0.4) is 0 Å². The fraction of sp³-hybridized carbons (Fsp3) is 0.474. The maximum absolute atomic E-state index is 4.71. The molecular formula is C19H24N4. The van der Waals surface area contributed by atoms with Crippen molar-refractivity contribution in [3.05, 3.63) is 53.5 Å². The van der Waals surface area contributed by atoms with E-state index in [2.05, 4.69) is 52.0 Å². The van der Waals surface area contributed by atoms with Crippen molar-refractivity contribution in [2.24, 2.45) is 0 Å². The molecule has 120 valence electrons. The molecule has 1 saturated heterocycles. The molecule has 0 radical (unpaired) electrons. The minimum Gasteiger partial charge on any atom is -0.349 e. The Balaban J connectivity index is 1.70. The zero-order valence-electron chi connectivity index (χ0n) is 13.8. The van der Waals surface area contributed by atoms with Crippen LogP contribution in [0.4, 0.5) is 5.82 Å². The number of fused-ring (bicyclic) bond motifs is 1. The second-order valence-corrected chi connectivity index (χ2v) is 6.50. The van der Waals surface area contributed by atoms with Gasteiger partial charge in [0.25, 0.3) is 0 Å². The minimum atomic E-state index is 0.451. The Morgan fingerprint density at radius 1 is 1.13 bits per heavy atom. The first-order valence-corrected chi connectivity index (χ1v) is 8.73. The monoisotopic (exact) mass is 308 g/mol. The van der Waals surface area contributed by atoms with Gasteiger partial charge in [-0.15, -0.1) is 0 Å². The van der Waals surface area contributed by atoms with Crippen LogP contribution in [0.15, 0.2) is 36.7 Å². The van der Waals surface area contributed by atoms with Gasteiger partial charge in [0.15, 0.2) is 0 Å². The van der Waals surface area contributed by atoms with Crippen molar-refractivity contribution < 1.29 is 0 Å². The lowest BCUT2D eigenvalue weighted by atomic mass is 10.0. The van der Waals surface area contributed by atoms with Crippen molar-refractivity contribution in [3.8, 4) is 0 Å². The van der Waals surface area contributed by atoms with Gasteiger partial charge in [0.05, 0.1) is 11.7 Å². The van der Waals surface area contributed by atoms with Crippen LogP contribution in [-0.2, 0) is 13.0 Å². The van der Waals surface area contributed by atoms with Crippen LogP contribution in [0.5, 0.6) is 0 Å². The summed E-state index contributed by atoms with van der Waals surface area (Å²) in [5, 5.41) is 0. The molecule has 0 amide bonds. The predicted octanol–water partition coefficient (Wildman–Crippen LogP) is 3.20. The van der Waals surface area contributed by atoms with Gasteiger partial charge in [-0.25, -0.2) is 9.97 Å². The summed E-state index contributed by atoms with van der Waals surface area (Å²) in [5.74, 6) is 1.17. The molecule has 1 atom stereocenters. The van der Waals surface area contributed by atoms with Crippen LogP contribution in [0.25, 0.3) is 0 Å². The molecule has 3 heterocycles. The lowest BCUT2D eigenvalue weighted by molar-refractivity contribution is 0.265. The van der Waals surface area contributed by atoms with Gasteiger partial charge in [-0.1, -0.05) is 37.3 Å². The third kappa shape index (κ3) is 2.72. The van der Waals surface area contributed by atoms with Crippen molar-refractivity contribution >= 4 is 5.82 Å². The molecule has 0 saturated carbocycles. The third-order valence-electron chi connectivity index (χ3n) is 5.21. The summed E-state index contributed by atoms with van der Waals surface area (Å²) in [4.78, 5) is 14.3. The number of aromatic nitrogens is 2. The Kier molecular flexibility index (Phi) is 4.00. The Labute approximate surface area is 138 Å². The van der Waals surface area contributed by atoms with Gasteiger partial charge in [0.2, 0.25) is 0 Å². The number of likely N-dealkylation sites (N-methyl/N-ethyl adjacent to an activating group) is 1. The van der Waals surface area contributed by atoms with Gasteiger partial charge in [-0.05, 0) is 24.9 Å². The van der Waals surface area contributed by atoms with Crippen LogP contribution >= 0.6 is 0 Å². The van der Waals surface area contributed by atoms with Crippen LogP contribution in [-0.4, -0.2) is 34.5 Å². The van der Waals surface area contributed by atoms with Crippen molar-refractivity contribution in [3.63, 3.8) is 0 Å². The summed E-state index contributed by atoms with van der Waals surface area (Å²) >= 11 is 0. The Morgan fingerprint density at radius 2 is 2.00 bits per heavy atom. The Hall–Kier alpha value is -1.94. The minimum absolute atomic E-state index is 0.451. The van der Waals surface area contributed by atoms with Gasteiger partial charge >= 0.3 is 0 Å². The van der Waals surface area contributed by atoms with Gasteiger partial charge in [0, 0.05) is 31.6 Å². The molecule has 4 rings (SSSR count). The number of benzene rings is 1. The first-order valence-electron chi connectivity index (χ1n) is 8.73. The average Bonchev–Trinajstić information content (AvgIpc) is 3.11. The number of hydrogen-bond acceptors (Lipinski definition) is 4. The number of nitrogens with zero attached hydrogens (tertiary/aromatic N) is 4. The molecule has 2 aliphatic rings. The Bertz CT molecular complexity index is 670. The van der Waals surface area contributed by atoms with E-state index < -0.39 is 0 Å². The van der Waals surface area contributed by atoms with E-state index in [4.69, 9.17) is 4.98 Å². The van der Waals surface area contributed by atoms with Crippen LogP contribution in [0.2, 0.25) is 0 Å².